The zero-order chi connectivity index (χ0) is 6.69. The first kappa shape index (κ1) is 6.38. The first-order chi connectivity index (χ1) is 4.33. The highest BCUT2D eigenvalue weighted by molar-refractivity contribution is 5.26. The maximum absolute atomic E-state index is 5.64. The third-order valence-electron chi connectivity index (χ3n) is 1.64. The van der Waals surface area contributed by atoms with Gasteiger partial charge in [0, 0.05) is 6.04 Å². The molecule has 0 heterocycles. The Morgan fingerprint density at radius 3 is 3.00 bits per heavy atom. The molecule has 1 rings (SSSR count). The summed E-state index contributed by atoms with van der Waals surface area (Å²) in [4.78, 5) is 0. The molecule has 9 heavy (non-hydrogen) atoms. The van der Waals surface area contributed by atoms with Crippen LogP contribution in [0.5, 0.6) is 0 Å². The van der Waals surface area contributed by atoms with Crippen molar-refractivity contribution in [1.29, 1.82) is 0 Å². The van der Waals surface area contributed by atoms with E-state index >= 15 is 0 Å². The molecule has 48 valence electrons. The summed E-state index contributed by atoms with van der Waals surface area (Å²) in [5.74, 6) is 2.63. The minimum atomic E-state index is 0.349. The molecule has 1 unspecified atom stereocenters. The third-order valence-corrected chi connectivity index (χ3v) is 1.64. The molecule has 1 aliphatic carbocycles. The second kappa shape index (κ2) is 2.70. The van der Waals surface area contributed by atoms with Gasteiger partial charge < -0.3 is 5.73 Å². The van der Waals surface area contributed by atoms with Crippen LogP contribution in [0.4, 0.5) is 0 Å². The zero-order valence-electron chi connectivity index (χ0n) is 5.43. The van der Waals surface area contributed by atoms with E-state index in [2.05, 4.69) is 12.0 Å². The Balaban J connectivity index is 2.53. The monoisotopic (exact) mass is 121 g/mol. The van der Waals surface area contributed by atoms with Crippen LogP contribution in [-0.2, 0) is 0 Å². The highest BCUT2D eigenvalue weighted by Gasteiger charge is 2.07. The van der Waals surface area contributed by atoms with Crippen LogP contribution in [-0.4, -0.2) is 6.04 Å². The van der Waals surface area contributed by atoms with Gasteiger partial charge in [-0.2, -0.15) is 0 Å². The first-order valence-corrected chi connectivity index (χ1v) is 3.24. The van der Waals surface area contributed by atoms with Crippen molar-refractivity contribution in [3.05, 3.63) is 11.6 Å². The van der Waals surface area contributed by atoms with Crippen LogP contribution < -0.4 is 5.73 Å². The van der Waals surface area contributed by atoms with Gasteiger partial charge in [-0.15, -0.1) is 6.42 Å². The predicted molar refractivity (Wildman–Crippen MR) is 38.7 cm³/mol. The Morgan fingerprint density at radius 2 is 2.56 bits per heavy atom. The van der Waals surface area contributed by atoms with E-state index < -0.39 is 0 Å². The molecule has 0 bridgehead atoms. The van der Waals surface area contributed by atoms with E-state index in [4.69, 9.17) is 12.2 Å². The van der Waals surface area contributed by atoms with Gasteiger partial charge in [-0.3, -0.25) is 0 Å². The Labute approximate surface area is 55.9 Å². The Kier molecular flexibility index (Phi) is 1.92. The fourth-order valence-electron chi connectivity index (χ4n) is 0.986. The largest absolute Gasteiger partial charge is 0.327 e. The van der Waals surface area contributed by atoms with Gasteiger partial charge in [0.05, 0.1) is 0 Å². The molecule has 0 aromatic rings. The topological polar surface area (TPSA) is 26.0 Å². The standard InChI is InChI=1S/C8H11N/c1-2-7-3-5-8(9)6-4-7/h1,3,8H,4-6,9H2. The average molecular weight is 121 g/mol. The smallest absolute Gasteiger partial charge is 0.00772 e. The summed E-state index contributed by atoms with van der Waals surface area (Å²) in [6.45, 7) is 0. The van der Waals surface area contributed by atoms with Crippen molar-refractivity contribution in [1.82, 2.24) is 0 Å². The number of hydrogen-bond acceptors (Lipinski definition) is 1. The second-order valence-corrected chi connectivity index (χ2v) is 2.41. The molecule has 0 radical (unpaired) electrons. The second-order valence-electron chi connectivity index (χ2n) is 2.41. The SMILES string of the molecule is C#CC1=CCC(N)CC1. The van der Waals surface area contributed by atoms with Gasteiger partial charge in [0.1, 0.15) is 0 Å². The van der Waals surface area contributed by atoms with Gasteiger partial charge in [-0.1, -0.05) is 12.0 Å². The van der Waals surface area contributed by atoms with Gasteiger partial charge in [0.25, 0.3) is 0 Å². The van der Waals surface area contributed by atoms with Crippen molar-refractivity contribution >= 4 is 0 Å². The molecule has 0 aliphatic heterocycles. The van der Waals surface area contributed by atoms with Crippen LogP contribution in [0.1, 0.15) is 19.3 Å². The molecule has 0 spiro atoms. The third kappa shape index (κ3) is 1.58. The minimum Gasteiger partial charge on any atom is -0.327 e. The normalized spacial score (nSPS) is 26.7. The Morgan fingerprint density at radius 1 is 1.78 bits per heavy atom. The van der Waals surface area contributed by atoms with Crippen LogP contribution in [0.25, 0.3) is 0 Å². The maximum Gasteiger partial charge on any atom is 0.00772 e. The number of nitrogens with two attached hydrogens (primary N) is 1. The number of terminal acetylenes is 1. The quantitative estimate of drug-likeness (QED) is 0.476. The zero-order valence-corrected chi connectivity index (χ0v) is 5.43. The van der Waals surface area contributed by atoms with Gasteiger partial charge >= 0.3 is 0 Å². The number of rotatable bonds is 0. The van der Waals surface area contributed by atoms with Gasteiger partial charge in [-0.05, 0) is 24.8 Å². The molecule has 0 amide bonds. The number of hydrogen-bond donors (Lipinski definition) is 1. The molecule has 0 saturated heterocycles. The summed E-state index contributed by atoms with van der Waals surface area (Å²) in [7, 11) is 0. The Bertz CT molecular complexity index is 162. The van der Waals surface area contributed by atoms with E-state index in [0.717, 1.165) is 24.8 Å². The van der Waals surface area contributed by atoms with Crippen molar-refractivity contribution in [2.24, 2.45) is 5.73 Å². The van der Waals surface area contributed by atoms with Crippen molar-refractivity contribution in [3.8, 4) is 12.3 Å². The van der Waals surface area contributed by atoms with Crippen molar-refractivity contribution in [3.63, 3.8) is 0 Å². The molecular formula is C8H11N. The molecule has 1 atom stereocenters. The van der Waals surface area contributed by atoms with Crippen LogP contribution in [0.3, 0.4) is 0 Å². The van der Waals surface area contributed by atoms with E-state index in [1.54, 1.807) is 0 Å². The molecule has 0 fully saturated rings. The minimum absolute atomic E-state index is 0.349. The maximum atomic E-state index is 5.64. The lowest BCUT2D eigenvalue weighted by Crippen LogP contribution is -2.21. The van der Waals surface area contributed by atoms with E-state index in [1.807, 2.05) is 0 Å². The molecule has 0 saturated carbocycles. The highest BCUT2D eigenvalue weighted by atomic mass is 14.6. The Hall–Kier alpha value is -0.740. The van der Waals surface area contributed by atoms with Crippen LogP contribution in [0, 0.1) is 12.3 Å². The fourth-order valence-corrected chi connectivity index (χ4v) is 0.986. The lowest BCUT2D eigenvalue weighted by molar-refractivity contribution is 0.598. The summed E-state index contributed by atoms with van der Waals surface area (Å²) in [5, 5.41) is 0. The van der Waals surface area contributed by atoms with Gasteiger partial charge in [0.2, 0.25) is 0 Å². The molecule has 1 heteroatoms. The summed E-state index contributed by atoms with van der Waals surface area (Å²) in [5.41, 5.74) is 6.76. The van der Waals surface area contributed by atoms with E-state index in [-0.39, 0.29) is 0 Å². The fraction of sp³-hybridized carbons (Fsp3) is 0.500. The van der Waals surface area contributed by atoms with Crippen molar-refractivity contribution < 1.29 is 0 Å². The average Bonchev–Trinajstić information content (AvgIpc) is 1.90. The summed E-state index contributed by atoms with van der Waals surface area (Å²) in [6.07, 6.45) is 10.3. The van der Waals surface area contributed by atoms with Crippen molar-refractivity contribution in [2.45, 2.75) is 25.3 Å². The van der Waals surface area contributed by atoms with Crippen molar-refractivity contribution in [2.75, 3.05) is 0 Å². The lowest BCUT2D eigenvalue weighted by Gasteiger charge is -2.13. The molecular weight excluding hydrogens is 110 g/mol. The molecule has 1 nitrogen and oxygen atoms in total. The summed E-state index contributed by atoms with van der Waals surface area (Å²) >= 11 is 0. The molecule has 0 aromatic carbocycles. The van der Waals surface area contributed by atoms with E-state index in [9.17, 15) is 0 Å². The first-order valence-electron chi connectivity index (χ1n) is 3.24. The molecule has 1 aliphatic rings. The van der Waals surface area contributed by atoms with Gasteiger partial charge in [0.15, 0.2) is 0 Å². The highest BCUT2D eigenvalue weighted by Crippen LogP contribution is 2.15. The van der Waals surface area contributed by atoms with Gasteiger partial charge in [-0.25, -0.2) is 0 Å². The summed E-state index contributed by atoms with van der Waals surface area (Å²) in [6, 6.07) is 0.349. The molecule has 2 N–H and O–H groups in total. The van der Waals surface area contributed by atoms with Crippen LogP contribution >= 0.6 is 0 Å². The van der Waals surface area contributed by atoms with Crippen LogP contribution in [0.15, 0.2) is 11.6 Å². The lowest BCUT2D eigenvalue weighted by atomic mass is 9.97. The molecule has 0 aromatic heterocycles. The van der Waals surface area contributed by atoms with E-state index in [0.29, 0.717) is 6.04 Å². The van der Waals surface area contributed by atoms with Crippen LogP contribution in [0.2, 0.25) is 0 Å². The number of allylic oxidation sites excluding steroid dienone is 1. The summed E-state index contributed by atoms with van der Waals surface area (Å²) < 4.78 is 0. The predicted octanol–water partition coefficient (Wildman–Crippen LogP) is 1.06. The van der Waals surface area contributed by atoms with E-state index in [1.165, 1.54) is 0 Å².